The first kappa shape index (κ1) is 21.3. The normalized spacial score (nSPS) is 14.2. The maximum absolute atomic E-state index is 4.62. The summed E-state index contributed by atoms with van der Waals surface area (Å²) >= 11 is 1.75. The summed E-state index contributed by atoms with van der Waals surface area (Å²) < 4.78 is 0. The van der Waals surface area contributed by atoms with Crippen LogP contribution in [0, 0.1) is 0 Å². The minimum absolute atomic E-state index is 0.543. The van der Waals surface area contributed by atoms with Gasteiger partial charge in [-0.3, -0.25) is 0 Å². The highest BCUT2D eigenvalue weighted by Gasteiger charge is 2.19. The van der Waals surface area contributed by atoms with Crippen LogP contribution in [0.3, 0.4) is 0 Å². The number of thioether (sulfide) groups is 1. The molecule has 148 valence electrons. The Morgan fingerprint density at radius 3 is 2.27 bits per heavy atom. The van der Waals surface area contributed by atoms with Crippen LogP contribution in [-0.4, -0.2) is 33.3 Å². The van der Waals surface area contributed by atoms with Crippen LogP contribution in [0.25, 0.3) is 0 Å². The molecule has 1 heterocycles. The van der Waals surface area contributed by atoms with Crippen LogP contribution in [0.5, 0.6) is 0 Å². The summed E-state index contributed by atoms with van der Waals surface area (Å²) in [5.41, 5.74) is 0. The van der Waals surface area contributed by atoms with Gasteiger partial charge in [-0.05, 0) is 32.1 Å². The molecule has 0 radical (unpaired) electrons. The van der Waals surface area contributed by atoms with E-state index in [9.17, 15) is 0 Å². The van der Waals surface area contributed by atoms with Gasteiger partial charge in [0.15, 0.2) is 5.16 Å². The Bertz CT molecular complexity index is 493. The molecular formula is C20H37N5S. The highest BCUT2D eigenvalue weighted by molar-refractivity contribution is 7.99. The number of anilines is 2. The largest absolute Gasteiger partial charge is 0.354 e. The highest BCUT2D eigenvalue weighted by Crippen LogP contribution is 2.24. The molecule has 0 aromatic carbocycles. The highest BCUT2D eigenvalue weighted by atomic mass is 32.2. The first-order chi connectivity index (χ1) is 12.8. The van der Waals surface area contributed by atoms with Crippen LogP contribution >= 0.6 is 11.8 Å². The van der Waals surface area contributed by atoms with Crippen molar-refractivity contribution in [1.29, 1.82) is 0 Å². The molecule has 1 fully saturated rings. The van der Waals surface area contributed by atoms with E-state index in [2.05, 4.69) is 39.4 Å². The van der Waals surface area contributed by atoms with E-state index >= 15 is 0 Å². The van der Waals surface area contributed by atoms with Crippen LogP contribution in [0.4, 0.5) is 11.9 Å². The molecule has 0 atom stereocenters. The molecule has 2 N–H and O–H groups in total. The fourth-order valence-electron chi connectivity index (χ4n) is 2.92. The van der Waals surface area contributed by atoms with Crippen molar-refractivity contribution in [2.75, 3.05) is 22.9 Å². The van der Waals surface area contributed by atoms with Crippen molar-refractivity contribution in [1.82, 2.24) is 15.0 Å². The Labute approximate surface area is 164 Å². The summed E-state index contributed by atoms with van der Waals surface area (Å²) in [4.78, 5) is 13.8. The summed E-state index contributed by atoms with van der Waals surface area (Å²) in [6.07, 6.45) is 15.3. The lowest BCUT2D eigenvalue weighted by molar-refractivity contribution is 0.442. The lowest BCUT2D eigenvalue weighted by Gasteiger charge is -2.26. The third-order valence-corrected chi connectivity index (χ3v) is 5.78. The molecule has 0 saturated heterocycles. The number of hydrogen-bond donors (Lipinski definition) is 2. The molecule has 0 unspecified atom stereocenters. The maximum atomic E-state index is 4.62. The summed E-state index contributed by atoms with van der Waals surface area (Å²) in [6, 6.07) is 0.543. The van der Waals surface area contributed by atoms with E-state index in [1.54, 1.807) is 11.8 Å². The summed E-state index contributed by atoms with van der Waals surface area (Å²) in [5.74, 6) is 2.55. The lowest BCUT2D eigenvalue weighted by Crippen LogP contribution is -2.28. The molecule has 1 aliphatic carbocycles. The topological polar surface area (TPSA) is 62.7 Å². The molecule has 1 aromatic rings. The fraction of sp³-hybridized carbons (Fsp3) is 0.850. The van der Waals surface area contributed by atoms with Crippen molar-refractivity contribution in [3.05, 3.63) is 0 Å². The van der Waals surface area contributed by atoms with E-state index < -0.39 is 0 Å². The lowest BCUT2D eigenvalue weighted by atomic mass is 9.93. The minimum Gasteiger partial charge on any atom is -0.354 e. The molecule has 6 heteroatoms. The number of unbranched alkanes of at least 4 members (excludes halogenated alkanes) is 7. The average molecular weight is 380 g/mol. The molecule has 1 saturated carbocycles. The summed E-state index contributed by atoms with van der Waals surface area (Å²) in [6.45, 7) is 5.44. The Balaban J connectivity index is 1.80. The first-order valence-corrected chi connectivity index (χ1v) is 11.7. The van der Waals surface area contributed by atoms with Crippen LogP contribution in [0.2, 0.25) is 0 Å². The van der Waals surface area contributed by atoms with E-state index in [0.29, 0.717) is 6.04 Å². The Hall–Kier alpha value is -1.04. The van der Waals surface area contributed by atoms with Crippen molar-refractivity contribution < 1.29 is 0 Å². The van der Waals surface area contributed by atoms with Gasteiger partial charge in [-0.15, -0.1) is 0 Å². The second kappa shape index (κ2) is 13.2. The minimum atomic E-state index is 0.543. The van der Waals surface area contributed by atoms with Crippen molar-refractivity contribution >= 4 is 23.7 Å². The number of hydrogen-bond acceptors (Lipinski definition) is 6. The molecule has 2 rings (SSSR count). The van der Waals surface area contributed by atoms with Gasteiger partial charge >= 0.3 is 0 Å². The van der Waals surface area contributed by atoms with Crippen molar-refractivity contribution in [2.45, 2.75) is 102 Å². The summed E-state index contributed by atoms with van der Waals surface area (Å²) in [5, 5.41) is 7.73. The van der Waals surface area contributed by atoms with E-state index in [4.69, 9.17) is 0 Å². The smallest absolute Gasteiger partial charge is 0.228 e. The van der Waals surface area contributed by atoms with Gasteiger partial charge in [0.2, 0.25) is 11.9 Å². The number of nitrogens with zero attached hydrogens (tertiary/aromatic N) is 3. The van der Waals surface area contributed by atoms with E-state index in [0.717, 1.165) is 29.4 Å². The van der Waals surface area contributed by atoms with Gasteiger partial charge < -0.3 is 10.6 Å². The van der Waals surface area contributed by atoms with Crippen LogP contribution in [0.1, 0.15) is 90.9 Å². The monoisotopic (exact) mass is 379 g/mol. The molecular weight excluding hydrogens is 342 g/mol. The molecule has 1 aliphatic rings. The summed E-state index contributed by atoms with van der Waals surface area (Å²) in [7, 11) is 0. The van der Waals surface area contributed by atoms with Crippen molar-refractivity contribution in [2.24, 2.45) is 0 Å². The second-order valence-corrected chi connectivity index (χ2v) is 8.35. The van der Waals surface area contributed by atoms with Crippen LogP contribution in [-0.2, 0) is 0 Å². The van der Waals surface area contributed by atoms with Gasteiger partial charge in [0, 0.05) is 18.3 Å². The quantitative estimate of drug-likeness (QED) is 0.292. The number of aromatic nitrogens is 3. The Morgan fingerprint density at radius 1 is 0.846 bits per heavy atom. The average Bonchev–Trinajstić information content (AvgIpc) is 2.61. The van der Waals surface area contributed by atoms with Crippen molar-refractivity contribution in [3.8, 4) is 0 Å². The molecule has 0 spiro atoms. The third-order valence-electron chi connectivity index (χ3n) is 4.85. The predicted molar refractivity (Wildman–Crippen MR) is 113 cm³/mol. The molecule has 26 heavy (non-hydrogen) atoms. The molecule has 5 nitrogen and oxygen atoms in total. The van der Waals surface area contributed by atoms with E-state index in [1.165, 1.54) is 77.0 Å². The number of nitrogens with one attached hydrogen (secondary N) is 2. The second-order valence-electron chi connectivity index (χ2n) is 7.29. The molecule has 0 bridgehead atoms. The maximum Gasteiger partial charge on any atom is 0.228 e. The van der Waals surface area contributed by atoms with Gasteiger partial charge in [0.05, 0.1) is 0 Å². The zero-order chi connectivity index (χ0) is 18.5. The Kier molecular flexibility index (Phi) is 10.8. The van der Waals surface area contributed by atoms with Gasteiger partial charge in [-0.25, -0.2) is 0 Å². The third kappa shape index (κ3) is 8.56. The van der Waals surface area contributed by atoms with Gasteiger partial charge in [0.25, 0.3) is 0 Å². The fourth-order valence-corrected chi connectivity index (χ4v) is 3.75. The van der Waals surface area contributed by atoms with Gasteiger partial charge in [-0.2, -0.15) is 15.0 Å². The van der Waals surface area contributed by atoms with E-state index in [1.807, 2.05) is 0 Å². The SMILES string of the molecule is CCCCCCCCNc1nc(NC2CCC2)nc(SCCCCC)n1. The molecule has 1 aromatic heterocycles. The van der Waals surface area contributed by atoms with Gasteiger partial charge in [0.1, 0.15) is 0 Å². The van der Waals surface area contributed by atoms with E-state index in [-0.39, 0.29) is 0 Å². The first-order valence-electron chi connectivity index (χ1n) is 10.7. The van der Waals surface area contributed by atoms with Crippen molar-refractivity contribution in [3.63, 3.8) is 0 Å². The van der Waals surface area contributed by atoms with Crippen LogP contribution in [0.15, 0.2) is 5.16 Å². The van der Waals surface area contributed by atoms with Gasteiger partial charge in [-0.1, -0.05) is 70.6 Å². The molecule has 0 amide bonds. The predicted octanol–water partition coefficient (Wildman–Crippen LogP) is 5.89. The molecule has 0 aliphatic heterocycles. The van der Waals surface area contributed by atoms with Crippen LogP contribution < -0.4 is 10.6 Å². The number of rotatable bonds is 15. The zero-order valence-electron chi connectivity index (χ0n) is 16.7. The standard InChI is InChI=1S/C20H37N5S/c1-3-5-7-8-9-10-15-21-18-23-19(22-17-13-12-14-17)25-20(24-18)26-16-11-6-4-2/h17H,3-16H2,1-2H3,(H2,21,22,23,24,25). The Morgan fingerprint density at radius 2 is 1.54 bits per heavy atom. The zero-order valence-corrected chi connectivity index (χ0v) is 17.5.